The first-order valence-corrected chi connectivity index (χ1v) is 6.01. The lowest BCUT2D eigenvalue weighted by atomic mass is 10.0. The van der Waals surface area contributed by atoms with Gasteiger partial charge in [-0.25, -0.2) is 4.39 Å². The van der Waals surface area contributed by atoms with Crippen molar-refractivity contribution in [3.8, 4) is 0 Å². The van der Waals surface area contributed by atoms with E-state index in [0.29, 0.717) is 17.5 Å². The van der Waals surface area contributed by atoms with Crippen LogP contribution in [0.1, 0.15) is 24.0 Å². The van der Waals surface area contributed by atoms with Crippen LogP contribution >= 0.6 is 15.9 Å². The van der Waals surface area contributed by atoms with E-state index in [4.69, 9.17) is 4.74 Å². The molecule has 0 radical (unpaired) electrons. The van der Waals surface area contributed by atoms with Gasteiger partial charge in [0.2, 0.25) is 0 Å². The maximum Gasteiger partial charge on any atom is 0.132 e. The molecular weight excluding hydrogens is 275 g/mol. The van der Waals surface area contributed by atoms with E-state index < -0.39 is 5.60 Å². The largest absolute Gasteiger partial charge is 0.390 e. The Balaban J connectivity index is 2.28. The minimum atomic E-state index is -0.675. The van der Waals surface area contributed by atoms with Crippen LogP contribution in [-0.2, 0) is 17.8 Å². The van der Waals surface area contributed by atoms with Crippen LogP contribution in [0.15, 0.2) is 16.6 Å². The average molecular weight is 289 g/mol. The summed E-state index contributed by atoms with van der Waals surface area (Å²) < 4.78 is 19.7. The summed E-state index contributed by atoms with van der Waals surface area (Å²) in [5, 5.41) is 9.81. The van der Waals surface area contributed by atoms with Gasteiger partial charge in [0.05, 0.1) is 12.2 Å². The van der Waals surface area contributed by atoms with Crippen LogP contribution in [0.5, 0.6) is 0 Å². The van der Waals surface area contributed by atoms with Crippen LogP contribution < -0.4 is 0 Å². The van der Waals surface area contributed by atoms with Crippen LogP contribution in [0.3, 0.4) is 0 Å². The van der Waals surface area contributed by atoms with Crippen molar-refractivity contribution in [3.63, 3.8) is 0 Å². The molecule has 0 amide bonds. The number of ether oxygens (including phenoxy) is 1. The van der Waals surface area contributed by atoms with Crippen molar-refractivity contribution < 1.29 is 14.2 Å². The first-order valence-electron chi connectivity index (χ1n) is 5.22. The zero-order chi connectivity index (χ0) is 11.8. The van der Waals surface area contributed by atoms with Crippen molar-refractivity contribution in [2.45, 2.75) is 31.5 Å². The summed E-state index contributed by atoms with van der Waals surface area (Å²) in [4.78, 5) is 0. The Hall–Kier alpha value is -0.450. The smallest absolute Gasteiger partial charge is 0.132 e. The van der Waals surface area contributed by atoms with Crippen molar-refractivity contribution in [1.82, 2.24) is 0 Å². The van der Waals surface area contributed by atoms with Crippen molar-refractivity contribution in [2.24, 2.45) is 0 Å². The maximum absolute atomic E-state index is 14.0. The van der Waals surface area contributed by atoms with Gasteiger partial charge in [-0.1, -0.05) is 15.9 Å². The van der Waals surface area contributed by atoms with E-state index in [2.05, 4.69) is 15.9 Å². The lowest BCUT2D eigenvalue weighted by molar-refractivity contribution is 0.149. The number of hydrogen-bond donors (Lipinski definition) is 1. The van der Waals surface area contributed by atoms with Gasteiger partial charge in [0.15, 0.2) is 0 Å². The summed E-state index contributed by atoms with van der Waals surface area (Å²) in [6, 6.07) is 3.43. The van der Waals surface area contributed by atoms with Crippen LogP contribution in [0, 0.1) is 5.82 Å². The average Bonchev–Trinajstić information content (AvgIpc) is 2.92. The Kier molecular flexibility index (Phi) is 3.33. The van der Waals surface area contributed by atoms with Gasteiger partial charge in [0.25, 0.3) is 0 Å². The molecule has 1 aliphatic carbocycles. The SMILES string of the molecule is COCc1cc(Br)cc(CC2(O)CC2)c1F. The van der Waals surface area contributed by atoms with E-state index in [0.717, 1.165) is 17.3 Å². The van der Waals surface area contributed by atoms with Gasteiger partial charge >= 0.3 is 0 Å². The topological polar surface area (TPSA) is 29.5 Å². The van der Waals surface area contributed by atoms with E-state index in [1.165, 1.54) is 7.11 Å². The third kappa shape index (κ3) is 2.62. The second-order valence-corrected chi connectivity index (χ2v) is 5.29. The second kappa shape index (κ2) is 4.43. The summed E-state index contributed by atoms with van der Waals surface area (Å²) in [6.07, 6.45) is 1.91. The summed E-state index contributed by atoms with van der Waals surface area (Å²) in [5.74, 6) is -0.259. The molecule has 0 aromatic heterocycles. The molecule has 0 atom stereocenters. The molecule has 88 valence electrons. The van der Waals surface area contributed by atoms with Crippen LogP contribution in [0.4, 0.5) is 4.39 Å². The molecule has 0 saturated heterocycles. The molecule has 16 heavy (non-hydrogen) atoms. The summed E-state index contributed by atoms with van der Waals surface area (Å²) in [6.45, 7) is 0.247. The van der Waals surface area contributed by atoms with E-state index in [1.807, 2.05) is 0 Å². The number of halogens is 2. The molecule has 1 N–H and O–H groups in total. The van der Waals surface area contributed by atoms with Crippen molar-refractivity contribution in [2.75, 3.05) is 7.11 Å². The highest BCUT2D eigenvalue weighted by Crippen LogP contribution is 2.39. The maximum atomic E-state index is 14.0. The minimum absolute atomic E-state index is 0.247. The molecule has 2 rings (SSSR count). The van der Waals surface area contributed by atoms with Crippen LogP contribution in [0.2, 0.25) is 0 Å². The third-order valence-electron chi connectivity index (χ3n) is 2.83. The molecule has 2 nitrogen and oxygen atoms in total. The zero-order valence-corrected chi connectivity index (χ0v) is 10.7. The predicted octanol–water partition coefficient (Wildman–Crippen LogP) is 2.80. The minimum Gasteiger partial charge on any atom is -0.390 e. The summed E-state index contributed by atoms with van der Waals surface area (Å²) in [5.41, 5.74) is 0.406. The second-order valence-electron chi connectivity index (χ2n) is 4.37. The third-order valence-corrected chi connectivity index (χ3v) is 3.29. The monoisotopic (exact) mass is 288 g/mol. The van der Waals surface area contributed by atoms with E-state index in [-0.39, 0.29) is 12.4 Å². The zero-order valence-electron chi connectivity index (χ0n) is 9.09. The lowest BCUT2D eigenvalue weighted by Crippen LogP contribution is -2.13. The van der Waals surface area contributed by atoms with E-state index >= 15 is 0 Å². The number of rotatable bonds is 4. The van der Waals surface area contributed by atoms with Crippen LogP contribution in [-0.4, -0.2) is 17.8 Å². The van der Waals surface area contributed by atoms with Gasteiger partial charge in [0.1, 0.15) is 5.82 Å². The Morgan fingerprint density at radius 2 is 2.06 bits per heavy atom. The molecule has 1 aliphatic rings. The van der Waals surface area contributed by atoms with Crippen molar-refractivity contribution >= 4 is 15.9 Å². The van der Waals surface area contributed by atoms with Crippen LogP contribution in [0.25, 0.3) is 0 Å². The number of benzene rings is 1. The Morgan fingerprint density at radius 1 is 1.44 bits per heavy atom. The highest BCUT2D eigenvalue weighted by atomic mass is 79.9. The van der Waals surface area contributed by atoms with E-state index in [1.54, 1.807) is 12.1 Å². The Labute approximate surface area is 103 Å². The fourth-order valence-corrected chi connectivity index (χ4v) is 2.32. The highest BCUT2D eigenvalue weighted by molar-refractivity contribution is 9.10. The molecule has 0 spiro atoms. The van der Waals surface area contributed by atoms with Gasteiger partial charge in [-0.05, 0) is 30.5 Å². The van der Waals surface area contributed by atoms with Gasteiger partial charge < -0.3 is 9.84 Å². The molecule has 4 heteroatoms. The Morgan fingerprint density at radius 3 is 2.62 bits per heavy atom. The predicted molar refractivity (Wildman–Crippen MR) is 62.7 cm³/mol. The van der Waals surface area contributed by atoms with Gasteiger partial charge in [-0.2, -0.15) is 0 Å². The molecular formula is C12H14BrFO2. The Bertz CT molecular complexity index is 402. The molecule has 1 aromatic rings. The fourth-order valence-electron chi connectivity index (χ4n) is 1.77. The number of aliphatic hydroxyl groups is 1. The van der Waals surface area contributed by atoms with Gasteiger partial charge in [0, 0.05) is 23.6 Å². The first kappa shape index (κ1) is 12.0. The molecule has 0 aliphatic heterocycles. The van der Waals surface area contributed by atoms with E-state index in [9.17, 15) is 9.50 Å². The molecule has 1 fully saturated rings. The van der Waals surface area contributed by atoms with Gasteiger partial charge in [-0.3, -0.25) is 0 Å². The lowest BCUT2D eigenvalue weighted by Gasteiger charge is -2.12. The molecule has 1 saturated carbocycles. The van der Waals surface area contributed by atoms with Gasteiger partial charge in [-0.15, -0.1) is 0 Å². The van der Waals surface area contributed by atoms with Crippen molar-refractivity contribution in [1.29, 1.82) is 0 Å². The highest BCUT2D eigenvalue weighted by Gasteiger charge is 2.40. The standard InChI is InChI=1S/C12H14BrFO2/c1-16-7-9-5-10(13)4-8(11(9)14)6-12(15)2-3-12/h4-5,15H,2-3,6-7H2,1H3. The normalized spacial score (nSPS) is 17.5. The molecule has 0 bridgehead atoms. The summed E-state index contributed by atoms with van der Waals surface area (Å²) in [7, 11) is 1.54. The molecule has 0 unspecified atom stereocenters. The fraction of sp³-hybridized carbons (Fsp3) is 0.500. The quantitative estimate of drug-likeness (QED) is 0.923. The molecule has 1 aromatic carbocycles. The van der Waals surface area contributed by atoms with Crippen molar-refractivity contribution in [3.05, 3.63) is 33.5 Å². The molecule has 0 heterocycles. The number of hydrogen-bond acceptors (Lipinski definition) is 2. The summed E-state index contributed by atoms with van der Waals surface area (Å²) >= 11 is 3.34. The first-order chi connectivity index (χ1) is 7.54. The number of methoxy groups -OCH3 is 1.